The van der Waals surface area contributed by atoms with Gasteiger partial charge in [-0.05, 0) is 0 Å². The van der Waals surface area contributed by atoms with Crippen molar-refractivity contribution in [1.29, 1.82) is 0 Å². The number of allylic oxidation sites excluding steroid dienone is 2. The Morgan fingerprint density at radius 1 is 0.524 bits per heavy atom. The molecule has 330 valence electrons. The summed E-state index contributed by atoms with van der Waals surface area (Å²) in [6.45, 7) is 5.03. The monoisotopic (exact) mass is 968 g/mol. The number of halogens is 2. The van der Waals surface area contributed by atoms with Gasteiger partial charge in [-0.3, -0.25) is 0 Å². The maximum absolute atomic E-state index is 3.79. The van der Waals surface area contributed by atoms with Crippen LogP contribution < -0.4 is 0 Å². The van der Waals surface area contributed by atoms with Crippen LogP contribution in [-0.2, 0) is 28.2 Å². The fourth-order valence-corrected chi connectivity index (χ4v) is 38.4. The molecule has 0 N–H and O–H groups in total. The Morgan fingerprint density at radius 3 is 1.33 bits per heavy atom. The molecule has 0 saturated heterocycles. The molecular formula is C59H72Cl2SiZr. The third-order valence-corrected chi connectivity index (χ3v) is 37.5. The van der Waals surface area contributed by atoms with E-state index in [0.717, 1.165) is 47.8 Å². The minimum absolute atomic E-state index is 0. The molecule has 0 nitrogen and oxygen atoms in total. The normalized spacial score (nSPS) is 34.6. The molecule has 4 heteroatoms. The molecule has 4 aromatic carbocycles. The van der Waals surface area contributed by atoms with E-state index in [4.69, 9.17) is 0 Å². The van der Waals surface area contributed by atoms with Crippen molar-refractivity contribution in [2.45, 2.75) is 143 Å². The molecule has 4 aromatic rings. The molecule has 0 radical (unpaired) electrons. The number of benzene rings is 4. The molecule has 11 aliphatic rings. The van der Waals surface area contributed by atoms with Gasteiger partial charge in [0.1, 0.15) is 0 Å². The molecule has 9 saturated carbocycles. The SMILES string of the molecule is CCC1=Cc2c(-c3ccc(C45CC6CC(CC(C6)C4)C5)cc3)cccc2[CH]1[Zr]([CH3])([CH3])(=[SiH2])[CH]1C(C2CCCC2)=Cc2c(-c3ccc(C45CC6CC(CC(C6)C4)C5)cc3)cccc21.Cl.Cl. The van der Waals surface area contributed by atoms with E-state index >= 15 is 0 Å². The second-order valence-corrected chi connectivity index (χ2v) is 55.1. The maximum Gasteiger partial charge on any atom is -0.147 e. The van der Waals surface area contributed by atoms with Gasteiger partial charge >= 0.3 is 373 Å². The molecule has 63 heavy (non-hydrogen) atoms. The van der Waals surface area contributed by atoms with Crippen molar-refractivity contribution in [3.05, 3.63) is 129 Å². The Hall–Kier alpha value is -1.96. The molecule has 0 amide bonds. The number of hydrogen-bond donors (Lipinski definition) is 0. The molecule has 0 aliphatic heterocycles. The number of hydrogen-bond acceptors (Lipinski definition) is 0. The summed E-state index contributed by atoms with van der Waals surface area (Å²) in [6.07, 6.45) is 29.9. The van der Waals surface area contributed by atoms with Gasteiger partial charge in [0.15, 0.2) is 0 Å². The minimum Gasteiger partial charge on any atom is -0.147 e. The van der Waals surface area contributed by atoms with Crippen molar-refractivity contribution in [1.82, 2.24) is 0 Å². The summed E-state index contributed by atoms with van der Waals surface area (Å²) in [6, 6.07) is 35.4. The Bertz CT molecular complexity index is 2510. The summed E-state index contributed by atoms with van der Waals surface area (Å²) in [5.41, 5.74) is 20.0. The summed E-state index contributed by atoms with van der Waals surface area (Å²) >= 11 is -3.79. The van der Waals surface area contributed by atoms with E-state index in [-0.39, 0.29) is 24.8 Å². The van der Waals surface area contributed by atoms with E-state index in [0.29, 0.717) is 18.1 Å². The Labute approximate surface area is 394 Å². The van der Waals surface area contributed by atoms with Crippen molar-refractivity contribution in [2.24, 2.45) is 41.4 Å². The van der Waals surface area contributed by atoms with Gasteiger partial charge in [-0.1, -0.05) is 0 Å². The molecule has 0 heterocycles. The van der Waals surface area contributed by atoms with Gasteiger partial charge in [-0.2, -0.15) is 0 Å². The zero-order chi connectivity index (χ0) is 40.9. The third-order valence-electron chi connectivity index (χ3n) is 20.1. The average molecular weight is 971 g/mol. The molecule has 2 atom stereocenters. The van der Waals surface area contributed by atoms with Gasteiger partial charge in [0.05, 0.1) is 0 Å². The van der Waals surface area contributed by atoms with Gasteiger partial charge < -0.3 is 0 Å². The van der Waals surface area contributed by atoms with Gasteiger partial charge in [-0.25, -0.2) is 0 Å². The zero-order valence-corrected chi connectivity index (χ0v) is 44.0. The molecule has 8 bridgehead atoms. The predicted octanol–water partition coefficient (Wildman–Crippen LogP) is 16.3. The van der Waals surface area contributed by atoms with Crippen LogP contribution in [0.1, 0.15) is 157 Å². The largest absolute Gasteiger partial charge is 0.147 e. The summed E-state index contributed by atoms with van der Waals surface area (Å²) in [4.78, 5) is 0. The first-order valence-corrected chi connectivity index (χ1v) is 39.2. The van der Waals surface area contributed by atoms with Crippen LogP contribution >= 0.6 is 24.8 Å². The van der Waals surface area contributed by atoms with E-state index < -0.39 is 17.4 Å². The standard InChI is InChI=1S/C30H33.C27H29.2CH3.2ClH.H2Si.Zr/c1-2-5-23(4-1)26-15-25-6-3-7-28(29(25)16-26)24-8-10-27(11-9-24)30-17-20-12-21(18-30)14-22(13-20)19-30;1-2-18-13-23-4-3-5-25(26(23)14-18)22-6-8-24(9-7-22)27-15-19-10-20(16-27)12-21(11-19)17-27;;;;;;/h3,6-11,15-16,20-23H,1-2,4-5,12-14,17-19H2;3-9,13-14,19-21H,2,10-12,15-17H2,1H3;2*1H3;2*1H;1H2;. The first-order valence-electron chi connectivity index (χ1n) is 25.5. The summed E-state index contributed by atoms with van der Waals surface area (Å²) < 4.78 is 6.94. The van der Waals surface area contributed by atoms with Crippen molar-refractivity contribution in [3.8, 4) is 22.3 Å². The topological polar surface area (TPSA) is 0 Å². The summed E-state index contributed by atoms with van der Waals surface area (Å²) in [5, 5.41) is 0. The van der Waals surface area contributed by atoms with Crippen LogP contribution in [-0.4, -0.2) is 6.88 Å². The minimum atomic E-state index is -3.79. The second kappa shape index (κ2) is 15.5. The first-order chi connectivity index (χ1) is 29.5. The van der Waals surface area contributed by atoms with Crippen molar-refractivity contribution in [2.75, 3.05) is 0 Å². The fraction of sp³-hybridized carbons (Fsp3) is 0.525. The Morgan fingerprint density at radius 2 is 0.921 bits per heavy atom. The van der Waals surface area contributed by atoms with Gasteiger partial charge in [0.25, 0.3) is 0 Å². The predicted molar refractivity (Wildman–Crippen MR) is 272 cm³/mol. The molecule has 0 spiro atoms. The van der Waals surface area contributed by atoms with Crippen molar-refractivity contribution < 1.29 is 17.4 Å². The van der Waals surface area contributed by atoms with Crippen LogP contribution in [0.5, 0.6) is 0 Å². The Balaban J connectivity index is 0.00000222. The van der Waals surface area contributed by atoms with E-state index in [9.17, 15) is 0 Å². The molecule has 15 rings (SSSR count). The van der Waals surface area contributed by atoms with E-state index in [1.54, 1.807) is 39.0 Å². The molecule has 9 fully saturated rings. The van der Waals surface area contributed by atoms with Gasteiger partial charge in [-0.15, -0.1) is 24.8 Å². The maximum atomic E-state index is 2.89. The molecule has 11 aliphatic carbocycles. The van der Waals surface area contributed by atoms with Crippen LogP contribution in [0.3, 0.4) is 0 Å². The van der Waals surface area contributed by atoms with Crippen LogP contribution in [0.15, 0.2) is 96.1 Å². The van der Waals surface area contributed by atoms with Gasteiger partial charge in [0, 0.05) is 0 Å². The van der Waals surface area contributed by atoms with Crippen molar-refractivity contribution in [3.63, 3.8) is 0 Å². The molecule has 2 unspecified atom stereocenters. The van der Waals surface area contributed by atoms with Crippen LogP contribution in [0.4, 0.5) is 0 Å². The summed E-state index contributed by atoms with van der Waals surface area (Å²) in [7, 11) is 0. The average Bonchev–Trinajstić information content (AvgIpc) is 4.01. The fourth-order valence-electron chi connectivity index (χ4n) is 18.6. The van der Waals surface area contributed by atoms with Crippen LogP contribution in [0.25, 0.3) is 34.4 Å². The van der Waals surface area contributed by atoms with E-state index in [1.165, 1.54) is 125 Å². The summed E-state index contributed by atoms with van der Waals surface area (Å²) in [5.74, 6) is 6.65. The van der Waals surface area contributed by atoms with Gasteiger partial charge in [0.2, 0.25) is 0 Å². The van der Waals surface area contributed by atoms with E-state index in [1.807, 2.05) is 5.57 Å². The van der Waals surface area contributed by atoms with Crippen molar-refractivity contribution >= 4 is 43.8 Å². The van der Waals surface area contributed by atoms with E-state index in [2.05, 4.69) is 120 Å². The smallest absolute Gasteiger partial charge is 0.147 e. The molecule has 0 aromatic heterocycles. The first kappa shape index (κ1) is 43.6. The second-order valence-electron chi connectivity index (χ2n) is 24.7. The quantitative estimate of drug-likeness (QED) is 0.154. The molecular weight excluding hydrogens is 899 g/mol. The third kappa shape index (κ3) is 6.75. The van der Waals surface area contributed by atoms with Crippen LogP contribution in [0.2, 0.25) is 9.26 Å². The Kier molecular flexibility index (Phi) is 10.8. The number of rotatable bonds is 8. The van der Waals surface area contributed by atoms with Crippen LogP contribution in [0, 0.1) is 41.4 Å². The zero-order valence-electron chi connectivity index (χ0n) is 38.5. The number of fused-ring (bicyclic) bond motifs is 2.